The monoisotopic (exact) mass is 418 g/mol. The fraction of sp³-hybridized carbons (Fsp3) is 0.286. The summed E-state index contributed by atoms with van der Waals surface area (Å²) in [5, 5.41) is 15.0. The first-order valence-electron chi connectivity index (χ1n) is 8.96. The highest BCUT2D eigenvalue weighted by atomic mass is 35.5. The molecule has 29 heavy (non-hydrogen) atoms. The Morgan fingerprint density at radius 3 is 2.21 bits per heavy atom. The van der Waals surface area contributed by atoms with E-state index in [-0.39, 0.29) is 18.7 Å². The van der Waals surface area contributed by atoms with E-state index in [9.17, 15) is 19.5 Å². The number of carboxylic acids is 1. The van der Waals surface area contributed by atoms with Gasteiger partial charge in [0, 0.05) is 19.8 Å². The van der Waals surface area contributed by atoms with E-state index in [2.05, 4.69) is 10.6 Å². The lowest BCUT2D eigenvalue weighted by molar-refractivity contribution is -0.142. The summed E-state index contributed by atoms with van der Waals surface area (Å²) in [6.07, 6.45) is 0.274. The van der Waals surface area contributed by atoms with Crippen LogP contribution in [0.15, 0.2) is 48.5 Å². The fourth-order valence-electron chi connectivity index (χ4n) is 2.85. The molecule has 0 aromatic heterocycles. The number of benzene rings is 2. The Morgan fingerprint density at radius 1 is 1.00 bits per heavy atom. The van der Waals surface area contributed by atoms with Crippen molar-refractivity contribution in [3.63, 3.8) is 0 Å². The van der Waals surface area contributed by atoms with Crippen LogP contribution >= 0.6 is 11.6 Å². The topological polar surface area (TPSA) is 105 Å². The second-order valence-electron chi connectivity index (χ2n) is 6.52. The molecular formula is C21H23ClN2O5. The molecule has 154 valence electrons. The lowest BCUT2D eigenvalue weighted by Gasteiger charge is -2.21. The van der Waals surface area contributed by atoms with Crippen molar-refractivity contribution in [3.05, 3.63) is 64.7 Å². The van der Waals surface area contributed by atoms with Crippen molar-refractivity contribution in [3.8, 4) is 5.75 Å². The van der Waals surface area contributed by atoms with E-state index in [0.29, 0.717) is 16.3 Å². The third kappa shape index (κ3) is 6.80. The zero-order valence-electron chi connectivity index (χ0n) is 16.1. The number of rotatable bonds is 9. The van der Waals surface area contributed by atoms with Gasteiger partial charge in [0.05, 0.1) is 12.1 Å². The van der Waals surface area contributed by atoms with E-state index in [4.69, 9.17) is 16.3 Å². The quantitative estimate of drug-likeness (QED) is 0.579. The van der Waals surface area contributed by atoms with Gasteiger partial charge in [-0.3, -0.25) is 9.59 Å². The molecule has 2 atom stereocenters. The number of hydrogen-bond acceptors (Lipinski definition) is 4. The van der Waals surface area contributed by atoms with Crippen molar-refractivity contribution in [1.82, 2.24) is 10.6 Å². The first kappa shape index (κ1) is 22.2. The molecule has 0 radical (unpaired) electrons. The summed E-state index contributed by atoms with van der Waals surface area (Å²) in [5.74, 6) is -1.67. The SMILES string of the molecule is COc1ccc(C[C@H](NC(=O)[C@@H](Cc2ccccc2)NC(C)=O)C(=O)O)cc1Cl. The van der Waals surface area contributed by atoms with E-state index in [1.54, 1.807) is 18.2 Å². The average Bonchev–Trinajstić information content (AvgIpc) is 2.67. The summed E-state index contributed by atoms with van der Waals surface area (Å²) in [6.45, 7) is 1.30. The van der Waals surface area contributed by atoms with E-state index in [0.717, 1.165) is 5.56 Å². The molecule has 0 spiro atoms. The lowest BCUT2D eigenvalue weighted by Crippen LogP contribution is -2.52. The number of halogens is 1. The predicted octanol–water partition coefficient (Wildman–Crippen LogP) is 2.21. The van der Waals surface area contributed by atoms with Crippen molar-refractivity contribution >= 4 is 29.4 Å². The van der Waals surface area contributed by atoms with Crippen LogP contribution in [-0.2, 0) is 27.2 Å². The van der Waals surface area contributed by atoms with Crippen LogP contribution in [-0.4, -0.2) is 42.1 Å². The van der Waals surface area contributed by atoms with Gasteiger partial charge in [-0.25, -0.2) is 4.79 Å². The number of nitrogens with one attached hydrogen (secondary N) is 2. The highest BCUT2D eigenvalue weighted by molar-refractivity contribution is 6.32. The van der Waals surface area contributed by atoms with E-state index < -0.39 is 24.0 Å². The largest absolute Gasteiger partial charge is 0.495 e. The number of carbonyl (C=O) groups excluding carboxylic acids is 2. The van der Waals surface area contributed by atoms with Gasteiger partial charge in [0.2, 0.25) is 11.8 Å². The van der Waals surface area contributed by atoms with Gasteiger partial charge in [0.1, 0.15) is 17.8 Å². The summed E-state index contributed by atoms with van der Waals surface area (Å²) in [7, 11) is 1.48. The fourth-order valence-corrected chi connectivity index (χ4v) is 3.13. The van der Waals surface area contributed by atoms with E-state index >= 15 is 0 Å². The van der Waals surface area contributed by atoms with Crippen molar-refractivity contribution in [1.29, 1.82) is 0 Å². The number of ether oxygens (including phenoxy) is 1. The molecule has 0 aliphatic heterocycles. The van der Waals surface area contributed by atoms with Gasteiger partial charge in [-0.05, 0) is 23.3 Å². The Bertz CT molecular complexity index is 873. The number of aliphatic carboxylic acids is 1. The van der Waals surface area contributed by atoms with Gasteiger partial charge < -0.3 is 20.5 Å². The summed E-state index contributed by atoms with van der Waals surface area (Å²) >= 11 is 6.09. The molecule has 0 bridgehead atoms. The van der Waals surface area contributed by atoms with Crippen molar-refractivity contribution in [2.75, 3.05) is 7.11 Å². The van der Waals surface area contributed by atoms with Gasteiger partial charge in [0.25, 0.3) is 0 Å². The first-order chi connectivity index (χ1) is 13.8. The molecule has 0 fully saturated rings. The molecule has 2 aromatic carbocycles. The Labute approximate surface area is 174 Å². The summed E-state index contributed by atoms with van der Waals surface area (Å²) in [5.41, 5.74) is 1.47. The molecule has 0 unspecified atom stereocenters. The minimum absolute atomic E-state index is 0.0307. The molecule has 3 N–H and O–H groups in total. The molecule has 8 heteroatoms. The number of amides is 2. The van der Waals surface area contributed by atoms with Crippen LogP contribution in [0.5, 0.6) is 5.75 Å². The predicted molar refractivity (Wildman–Crippen MR) is 109 cm³/mol. The number of hydrogen-bond donors (Lipinski definition) is 3. The molecule has 2 rings (SSSR count). The first-order valence-corrected chi connectivity index (χ1v) is 9.34. The molecule has 2 amide bonds. The van der Waals surface area contributed by atoms with Crippen LogP contribution in [0.2, 0.25) is 5.02 Å². The van der Waals surface area contributed by atoms with Gasteiger partial charge in [0.15, 0.2) is 0 Å². The van der Waals surface area contributed by atoms with E-state index in [1.807, 2.05) is 30.3 Å². The maximum absolute atomic E-state index is 12.7. The molecule has 0 aliphatic carbocycles. The highest BCUT2D eigenvalue weighted by Gasteiger charge is 2.26. The number of methoxy groups -OCH3 is 1. The number of carbonyl (C=O) groups is 3. The summed E-state index contributed by atoms with van der Waals surface area (Å²) in [4.78, 5) is 35.9. The van der Waals surface area contributed by atoms with Gasteiger partial charge in [-0.2, -0.15) is 0 Å². The highest BCUT2D eigenvalue weighted by Crippen LogP contribution is 2.25. The maximum atomic E-state index is 12.7. The van der Waals surface area contributed by atoms with Crippen molar-refractivity contribution in [2.24, 2.45) is 0 Å². The van der Waals surface area contributed by atoms with Gasteiger partial charge in [-0.15, -0.1) is 0 Å². The summed E-state index contributed by atoms with van der Waals surface area (Å²) < 4.78 is 5.08. The molecule has 0 saturated carbocycles. The molecular weight excluding hydrogens is 396 g/mol. The van der Waals surface area contributed by atoms with Crippen molar-refractivity contribution < 1.29 is 24.2 Å². The van der Waals surface area contributed by atoms with E-state index in [1.165, 1.54) is 14.0 Å². The zero-order valence-corrected chi connectivity index (χ0v) is 16.9. The second kappa shape index (κ2) is 10.5. The second-order valence-corrected chi connectivity index (χ2v) is 6.92. The van der Waals surface area contributed by atoms with Crippen LogP contribution < -0.4 is 15.4 Å². The molecule has 0 saturated heterocycles. The normalized spacial score (nSPS) is 12.5. The maximum Gasteiger partial charge on any atom is 0.326 e. The average molecular weight is 419 g/mol. The minimum Gasteiger partial charge on any atom is -0.495 e. The van der Waals surface area contributed by atoms with Crippen molar-refractivity contribution in [2.45, 2.75) is 31.8 Å². The molecule has 2 aromatic rings. The Balaban J connectivity index is 2.13. The van der Waals surface area contributed by atoms with Crippen LogP contribution in [0.1, 0.15) is 18.1 Å². The van der Waals surface area contributed by atoms with Gasteiger partial charge >= 0.3 is 5.97 Å². The smallest absolute Gasteiger partial charge is 0.326 e. The van der Waals surface area contributed by atoms with Crippen LogP contribution in [0, 0.1) is 0 Å². The molecule has 0 heterocycles. The van der Waals surface area contributed by atoms with Crippen LogP contribution in [0.3, 0.4) is 0 Å². The lowest BCUT2D eigenvalue weighted by atomic mass is 10.0. The number of carboxylic acid groups (broad SMARTS) is 1. The molecule has 7 nitrogen and oxygen atoms in total. The van der Waals surface area contributed by atoms with Crippen LogP contribution in [0.25, 0.3) is 0 Å². The Kier molecular flexibility index (Phi) is 8.03. The minimum atomic E-state index is -1.19. The Morgan fingerprint density at radius 2 is 1.66 bits per heavy atom. The third-order valence-electron chi connectivity index (χ3n) is 4.25. The van der Waals surface area contributed by atoms with Gasteiger partial charge in [-0.1, -0.05) is 48.0 Å². The zero-order chi connectivity index (χ0) is 21.4. The molecule has 0 aliphatic rings. The Hall–Kier alpha value is -3.06. The standard InChI is InChI=1S/C21H23ClN2O5/c1-13(25)23-17(11-14-6-4-3-5-7-14)20(26)24-18(21(27)28)12-15-8-9-19(29-2)16(22)10-15/h3-10,17-18H,11-12H2,1-2H3,(H,23,25)(H,24,26)(H,27,28)/t17-,18+/m1/s1. The third-order valence-corrected chi connectivity index (χ3v) is 4.54. The van der Waals surface area contributed by atoms with Crippen LogP contribution in [0.4, 0.5) is 0 Å². The summed E-state index contributed by atoms with van der Waals surface area (Å²) in [6, 6.07) is 12.0.